The van der Waals surface area contributed by atoms with E-state index in [-0.39, 0.29) is 11.7 Å². The topological polar surface area (TPSA) is 38.7 Å². The van der Waals surface area contributed by atoms with Gasteiger partial charge in [0.1, 0.15) is 11.9 Å². The summed E-state index contributed by atoms with van der Waals surface area (Å²) in [5.41, 5.74) is 2.16. The summed E-state index contributed by atoms with van der Waals surface area (Å²) in [5, 5.41) is 9.61. The van der Waals surface area contributed by atoms with E-state index in [1.54, 1.807) is 6.92 Å². The lowest BCUT2D eigenvalue weighted by Gasteiger charge is -2.47. The molecule has 1 aliphatic carbocycles. The van der Waals surface area contributed by atoms with Gasteiger partial charge in [0.2, 0.25) is 0 Å². The van der Waals surface area contributed by atoms with Gasteiger partial charge >= 0.3 is 0 Å². The molecule has 0 aromatic heterocycles. The summed E-state index contributed by atoms with van der Waals surface area (Å²) in [6, 6.07) is 5.95. The van der Waals surface area contributed by atoms with Crippen LogP contribution in [0.3, 0.4) is 0 Å². The van der Waals surface area contributed by atoms with Gasteiger partial charge in [-0.05, 0) is 56.4 Å². The van der Waals surface area contributed by atoms with Crippen molar-refractivity contribution in [3.8, 4) is 5.75 Å². The smallest absolute Gasteiger partial charge is 0.122 e. The molecule has 2 fully saturated rings. The molecule has 3 heteroatoms. The maximum absolute atomic E-state index is 9.61. The van der Waals surface area contributed by atoms with Crippen molar-refractivity contribution < 1.29 is 14.6 Å². The second-order valence-corrected chi connectivity index (χ2v) is 6.32. The van der Waals surface area contributed by atoms with Gasteiger partial charge in [0.25, 0.3) is 0 Å². The summed E-state index contributed by atoms with van der Waals surface area (Å²) in [6.07, 6.45) is 5.49. The molecule has 2 aliphatic rings. The number of aliphatic hydroxyl groups is 1. The van der Waals surface area contributed by atoms with Crippen LogP contribution in [0.1, 0.15) is 56.3 Å². The average molecular weight is 276 g/mol. The van der Waals surface area contributed by atoms with E-state index >= 15 is 0 Å². The van der Waals surface area contributed by atoms with E-state index in [4.69, 9.17) is 9.47 Å². The van der Waals surface area contributed by atoms with Crippen molar-refractivity contribution >= 4 is 0 Å². The van der Waals surface area contributed by atoms with Gasteiger partial charge in [0, 0.05) is 12.8 Å². The van der Waals surface area contributed by atoms with E-state index in [1.807, 2.05) is 25.1 Å². The molecule has 0 radical (unpaired) electrons. The van der Waals surface area contributed by atoms with Gasteiger partial charge in [-0.3, -0.25) is 0 Å². The Labute approximate surface area is 120 Å². The van der Waals surface area contributed by atoms with Gasteiger partial charge in [-0.15, -0.1) is 0 Å². The highest BCUT2D eigenvalue weighted by molar-refractivity contribution is 5.37. The number of aliphatic hydroxyl groups excluding tert-OH is 1. The fraction of sp³-hybridized carbons (Fsp3) is 0.647. The summed E-state index contributed by atoms with van der Waals surface area (Å²) < 4.78 is 12.1. The van der Waals surface area contributed by atoms with Crippen molar-refractivity contribution in [2.75, 3.05) is 6.61 Å². The molecule has 1 saturated carbocycles. The molecule has 3 nitrogen and oxygen atoms in total. The zero-order valence-corrected chi connectivity index (χ0v) is 12.4. The van der Waals surface area contributed by atoms with Crippen molar-refractivity contribution in [3.63, 3.8) is 0 Å². The zero-order chi connectivity index (χ0) is 14.2. The normalized spacial score (nSPS) is 26.1. The Morgan fingerprint density at radius 1 is 1.40 bits per heavy atom. The lowest BCUT2D eigenvalue weighted by atomic mass is 9.74. The molecule has 3 rings (SSSR count). The van der Waals surface area contributed by atoms with Crippen LogP contribution in [0.4, 0.5) is 0 Å². The van der Waals surface area contributed by atoms with Crippen LogP contribution < -0.4 is 4.74 Å². The summed E-state index contributed by atoms with van der Waals surface area (Å²) >= 11 is 0. The van der Waals surface area contributed by atoms with Crippen LogP contribution in [0.5, 0.6) is 5.75 Å². The Hall–Kier alpha value is -1.06. The predicted octanol–water partition coefficient (Wildman–Crippen LogP) is 3.53. The van der Waals surface area contributed by atoms with Gasteiger partial charge < -0.3 is 14.6 Å². The van der Waals surface area contributed by atoms with Gasteiger partial charge in [0.05, 0.1) is 18.3 Å². The first-order valence-corrected chi connectivity index (χ1v) is 7.67. The van der Waals surface area contributed by atoms with Crippen LogP contribution in [0, 0.1) is 6.92 Å². The SMILES string of the molecule is Cc1cc([C@@H](C)O)ccc1OC1CCOC2(CCC2)C1. The average Bonchev–Trinajstić information content (AvgIpc) is 2.39. The molecule has 0 bridgehead atoms. The molecule has 1 aromatic rings. The Morgan fingerprint density at radius 2 is 2.20 bits per heavy atom. The van der Waals surface area contributed by atoms with E-state index in [1.165, 1.54) is 19.3 Å². The van der Waals surface area contributed by atoms with Crippen molar-refractivity contribution in [2.45, 2.75) is 63.8 Å². The van der Waals surface area contributed by atoms with E-state index < -0.39 is 6.10 Å². The maximum Gasteiger partial charge on any atom is 0.122 e. The Balaban J connectivity index is 1.68. The second kappa shape index (κ2) is 5.38. The van der Waals surface area contributed by atoms with Crippen molar-refractivity contribution in [2.24, 2.45) is 0 Å². The number of hydrogen-bond donors (Lipinski definition) is 1. The molecular weight excluding hydrogens is 252 g/mol. The molecule has 1 heterocycles. The summed E-state index contributed by atoms with van der Waals surface area (Å²) in [6.45, 7) is 4.64. The standard InChI is InChI=1S/C17H24O3/c1-12-10-14(13(2)18)4-5-16(12)20-15-6-9-19-17(11-15)7-3-8-17/h4-5,10,13,15,18H,3,6-9,11H2,1-2H3/t13-,15?/m1/s1. The minimum atomic E-state index is -0.427. The number of benzene rings is 1. The van der Waals surface area contributed by atoms with Crippen LogP contribution in [-0.4, -0.2) is 23.4 Å². The van der Waals surface area contributed by atoms with E-state index in [9.17, 15) is 5.11 Å². The molecule has 2 atom stereocenters. The third kappa shape index (κ3) is 2.70. The quantitative estimate of drug-likeness (QED) is 0.918. The third-order valence-electron chi connectivity index (χ3n) is 4.69. The molecule has 1 N–H and O–H groups in total. The zero-order valence-electron chi connectivity index (χ0n) is 12.4. The number of rotatable bonds is 3. The van der Waals surface area contributed by atoms with Crippen molar-refractivity contribution in [1.29, 1.82) is 0 Å². The third-order valence-corrected chi connectivity index (χ3v) is 4.69. The molecule has 1 aromatic carbocycles. The molecular formula is C17H24O3. The molecule has 1 unspecified atom stereocenters. The lowest BCUT2D eigenvalue weighted by molar-refractivity contribution is -0.153. The number of ether oxygens (including phenoxy) is 2. The van der Waals surface area contributed by atoms with E-state index in [2.05, 4.69) is 0 Å². The van der Waals surface area contributed by atoms with Crippen LogP contribution in [0.15, 0.2) is 18.2 Å². The van der Waals surface area contributed by atoms with Gasteiger partial charge in [0.15, 0.2) is 0 Å². The first kappa shape index (κ1) is 13.9. The van der Waals surface area contributed by atoms with Crippen LogP contribution in [0.2, 0.25) is 0 Å². The Kier molecular flexibility index (Phi) is 3.74. The Morgan fingerprint density at radius 3 is 2.80 bits per heavy atom. The molecule has 20 heavy (non-hydrogen) atoms. The highest BCUT2D eigenvalue weighted by Gasteiger charge is 2.43. The highest BCUT2D eigenvalue weighted by atomic mass is 16.5. The first-order valence-electron chi connectivity index (χ1n) is 7.67. The second-order valence-electron chi connectivity index (χ2n) is 6.32. The van der Waals surface area contributed by atoms with Crippen LogP contribution in [-0.2, 0) is 4.74 Å². The summed E-state index contributed by atoms with van der Waals surface area (Å²) in [4.78, 5) is 0. The van der Waals surface area contributed by atoms with Gasteiger partial charge in [-0.25, -0.2) is 0 Å². The molecule has 110 valence electrons. The fourth-order valence-electron chi connectivity index (χ4n) is 3.25. The van der Waals surface area contributed by atoms with E-state index in [0.29, 0.717) is 0 Å². The van der Waals surface area contributed by atoms with E-state index in [0.717, 1.165) is 36.3 Å². The molecule has 0 amide bonds. The van der Waals surface area contributed by atoms with Crippen LogP contribution in [0.25, 0.3) is 0 Å². The predicted molar refractivity (Wildman–Crippen MR) is 78.0 cm³/mol. The van der Waals surface area contributed by atoms with Gasteiger partial charge in [-0.2, -0.15) is 0 Å². The molecule has 1 aliphatic heterocycles. The summed E-state index contributed by atoms with van der Waals surface area (Å²) in [7, 11) is 0. The number of hydrogen-bond acceptors (Lipinski definition) is 3. The van der Waals surface area contributed by atoms with Gasteiger partial charge in [-0.1, -0.05) is 6.07 Å². The first-order chi connectivity index (χ1) is 9.58. The highest BCUT2D eigenvalue weighted by Crippen LogP contribution is 2.43. The maximum atomic E-state index is 9.61. The molecule has 1 spiro atoms. The summed E-state index contributed by atoms with van der Waals surface area (Å²) in [5.74, 6) is 0.941. The minimum absolute atomic E-state index is 0.121. The largest absolute Gasteiger partial charge is 0.490 e. The minimum Gasteiger partial charge on any atom is -0.490 e. The Bertz CT molecular complexity index is 477. The van der Waals surface area contributed by atoms with Crippen LogP contribution >= 0.6 is 0 Å². The van der Waals surface area contributed by atoms with Crippen molar-refractivity contribution in [1.82, 2.24) is 0 Å². The monoisotopic (exact) mass is 276 g/mol. The molecule has 1 saturated heterocycles. The number of aryl methyl sites for hydroxylation is 1. The lowest BCUT2D eigenvalue weighted by Crippen LogP contribution is -2.48. The fourth-order valence-corrected chi connectivity index (χ4v) is 3.25. The van der Waals surface area contributed by atoms with Crippen molar-refractivity contribution in [3.05, 3.63) is 29.3 Å².